The second kappa shape index (κ2) is 5.30. The Morgan fingerprint density at radius 2 is 2.12 bits per heavy atom. The van der Waals surface area contributed by atoms with E-state index in [9.17, 15) is 9.59 Å². The Labute approximate surface area is 96.1 Å². The highest BCUT2D eigenvalue weighted by Crippen LogP contribution is 2.24. The monoisotopic (exact) mass is 228 g/mol. The third-order valence-electron chi connectivity index (χ3n) is 2.87. The van der Waals surface area contributed by atoms with Crippen LogP contribution in [0.25, 0.3) is 0 Å². The zero-order valence-electron chi connectivity index (χ0n) is 10.2. The Balaban J connectivity index is 2.58. The van der Waals surface area contributed by atoms with Gasteiger partial charge >= 0.3 is 5.97 Å². The van der Waals surface area contributed by atoms with E-state index in [-0.39, 0.29) is 24.0 Å². The first-order chi connectivity index (χ1) is 7.45. The standard InChI is InChI=1S/C11H20N2O3/c1-9(14)16-8-11(5-4-6-12-11)7-10(15)13(2)3/h12H,4-8H2,1-3H3. The zero-order valence-corrected chi connectivity index (χ0v) is 10.2. The molecule has 16 heavy (non-hydrogen) atoms. The molecule has 1 fully saturated rings. The molecule has 0 radical (unpaired) electrons. The van der Waals surface area contributed by atoms with E-state index in [0.29, 0.717) is 6.42 Å². The van der Waals surface area contributed by atoms with Crippen molar-refractivity contribution >= 4 is 11.9 Å². The Kier molecular flexibility index (Phi) is 4.29. The van der Waals surface area contributed by atoms with E-state index in [4.69, 9.17) is 4.74 Å². The summed E-state index contributed by atoms with van der Waals surface area (Å²) in [5, 5.41) is 3.29. The van der Waals surface area contributed by atoms with Crippen molar-refractivity contribution in [2.45, 2.75) is 31.7 Å². The van der Waals surface area contributed by atoms with Crippen molar-refractivity contribution in [2.24, 2.45) is 0 Å². The van der Waals surface area contributed by atoms with Crippen LogP contribution in [0, 0.1) is 0 Å². The maximum atomic E-state index is 11.7. The highest BCUT2D eigenvalue weighted by Gasteiger charge is 2.37. The first kappa shape index (κ1) is 13.0. The topological polar surface area (TPSA) is 58.6 Å². The van der Waals surface area contributed by atoms with E-state index in [1.165, 1.54) is 6.92 Å². The summed E-state index contributed by atoms with van der Waals surface area (Å²) in [7, 11) is 3.47. The van der Waals surface area contributed by atoms with E-state index in [0.717, 1.165) is 19.4 Å². The van der Waals surface area contributed by atoms with E-state index in [1.807, 2.05) is 0 Å². The largest absolute Gasteiger partial charge is 0.464 e. The lowest BCUT2D eigenvalue weighted by atomic mass is 9.93. The van der Waals surface area contributed by atoms with Gasteiger partial charge in [-0.2, -0.15) is 0 Å². The van der Waals surface area contributed by atoms with Gasteiger partial charge in [0, 0.05) is 27.4 Å². The summed E-state index contributed by atoms with van der Waals surface area (Å²) >= 11 is 0. The van der Waals surface area contributed by atoms with E-state index in [2.05, 4.69) is 5.32 Å². The highest BCUT2D eigenvalue weighted by molar-refractivity contribution is 5.77. The molecule has 0 aromatic heterocycles. The molecule has 1 heterocycles. The second-order valence-electron chi connectivity index (χ2n) is 4.56. The molecule has 0 saturated carbocycles. The number of nitrogens with zero attached hydrogens (tertiary/aromatic N) is 1. The molecule has 0 bridgehead atoms. The van der Waals surface area contributed by atoms with Crippen molar-refractivity contribution in [1.82, 2.24) is 10.2 Å². The summed E-state index contributed by atoms with van der Waals surface area (Å²) in [6, 6.07) is 0. The third kappa shape index (κ3) is 3.48. The van der Waals surface area contributed by atoms with Crippen LogP contribution in [0.2, 0.25) is 0 Å². The average molecular weight is 228 g/mol. The van der Waals surface area contributed by atoms with Gasteiger partial charge in [0.05, 0.1) is 5.54 Å². The molecule has 1 unspecified atom stereocenters. The van der Waals surface area contributed by atoms with Gasteiger partial charge in [0.25, 0.3) is 0 Å². The van der Waals surface area contributed by atoms with Crippen molar-refractivity contribution in [3.05, 3.63) is 0 Å². The maximum Gasteiger partial charge on any atom is 0.302 e. The van der Waals surface area contributed by atoms with Gasteiger partial charge in [0.15, 0.2) is 0 Å². The number of carbonyl (C=O) groups excluding carboxylic acids is 2. The van der Waals surface area contributed by atoms with Crippen molar-refractivity contribution in [2.75, 3.05) is 27.2 Å². The fourth-order valence-corrected chi connectivity index (χ4v) is 1.88. The van der Waals surface area contributed by atoms with Gasteiger partial charge in [-0.05, 0) is 19.4 Å². The van der Waals surface area contributed by atoms with Crippen LogP contribution < -0.4 is 5.32 Å². The van der Waals surface area contributed by atoms with Crippen molar-refractivity contribution < 1.29 is 14.3 Å². The molecule has 5 heteroatoms. The van der Waals surface area contributed by atoms with Gasteiger partial charge < -0.3 is 15.0 Å². The van der Waals surface area contributed by atoms with Crippen molar-refractivity contribution in [1.29, 1.82) is 0 Å². The number of amides is 1. The molecule has 0 aliphatic carbocycles. The van der Waals surface area contributed by atoms with Gasteiger partial charge in [-0.15, -0.1) is 0 Å². The molecule has 0 spiro atoms. The predicted molar refractivity (Wildman–Crippen MR) is 59.9 cm³/mol. The Bertz CT molecular complexity index is 270. The minimum Gasteiger partial charge on any atom is -0.464 e. The number of hydrogen-bond acceptors (Lipinski definition) is 4. The third-order valence-corrected chi connectivity index (χ3v) is 2.87. The smallest absolute Gasteiger partial charge is 0.302 e. The molecule has 92 valence electrons. The average Bonchev–Trinajstić information content (AvgIpc) is 2.64. The Hall–Kier alpha value is -1.10. The van der Waals surface area contributed by atoms with Crippen LogP contribution in [0.3, 0.4) is 0 Å². The lowest BCUT2D eigenvalue weighted by Crippen LogP contribution is -2.48. The Morgan fingerprint density at radius 1 is 1.44 bits per heavy atom. The number of carbonyl (C=O) groups is 2. The van der Waals surface area contributed by atoms with Crippen LogP contribution in [0.1, 0.15) is 26.2 Å². The van der Waals surface area contributed by atoms with Crippen LogP contribution in [0.5, 0.6) is 0 Å². The SMILES string of the molecule is CC(=O)OCC1(CC(=O)N(C)C)CCCN1. The predicted octanol–water partition coefficient (Wildman–Crippen LogP) is 0.150. The molecular weight excluding hydrogens is 208 g/mol. The van der Waals surface area contributed by atoms with E-state index < -0.39 is 0 Å². The highest BCUT2D eigenvalue weighted by atomic mass is 16.5. The summed E-state index contributed by atoms with van der Waals surface area (Å²) in [5.41, 5.74) is -0.354. The molecule has 1 atom stereocenters. The van der Waals surface area contributed by atoms with E-state index in [1.54, 1.807) is 19.0 Å². The van der Waals surface area contributed by atoms with Crippen LogP contribution in [0.4, 0.5) is 0 Å². The van der Waals surface area contributed by atoms with Gasteiger partial charge in [-0.25, -0.2) is 0 Å². The summed E-state index contributed by atoms with van der Waals surface area (Å²) in [6.45, 7) is 2.54. The van der Waals surface area contributed by atoms with E-state index >= 15 is 0 Å². The molecule has 5 nitrogen and oxygen atoms in total. The minimum atomic E-state index is -0.354. The molecule has 1 aliphatic rings. The summed E-state index contributed by atoms with van der Waals surface area (Å²) in [4.78, 5) is 24.1. The van der Waals surface area contributed by atoms with Crippen molar-refractivity contribution in [3.63, 3.8) is 0 Å². The van der Waals surface area contributed by atoms with Gasteiger partial charge in [0.1, 0.15) is 6.61 Å². The number of nitrogens with one attached hydrogen (secondary N) is 1. The first-order valence-electron chi connectivity index (χ1n) is 5.54. The van der Waals surface area contributed by atoms with Gasteiger partial charge in [0.2, 0.25) is 5.91 Å². The number of esters is 1. The molecule has 1 N–H and O–H groups in total. The van der Waals surface area contributed by atoms with Crippen LogP contribution in [-0.4, -0.2) is 49.6 Å². The fourth-order valence-electron chi connectivity index (χ4n) is 1.88. The van der Waals surface area contributed by atoms with Crippen LogP contribution in [-0.2, 0) is 14.3 Å². The molecule has 0 aromatic rings. The summed E-state index contributed by atoms with van der Waals surface area (Å²) < 4.78 is 5.04. The molecule has 1 aliphatic heterocycles. The number of rotatable bonds is 4. The summed E-state index contributed by atoms with van der Waals surface area (Å²) in [5.74, 6) is -0.244. The fraction of sp³-hybridized carbons (Fsp3) is 0.818. The quantitative estimate of drug-likeness (QED) is 0.696. The number of ether oxygens (including phenoxy) is 1. The molecule has 1 saturated heterocycles. The minimum absolute atomic E-state index is 0.0570. The maximum absolute atomic E-state index is 11.7. The van der Waals surface area contributed by atoms with Gasteiger partial charge in [-0.3, -0.25) is 9.59 Å². The zero-order chi connectivity index (χ0) is 12.2. The van der Waals surface area contributed by atoms with Crippen LogP contribution in [0.15, 0.2) is 0 Å². The lowest BCUT2D eigenvalue weighted by Gasteiger charge is -2.29. The molecule has 1 amide bonds. The molecular formula is C11H20N2O3. The second-order valence-corrected chi connectivity index (χ2v) is 4.56. The molecule has 1 rings (SSSR count). The first-order valence-corrected chi connectivity index (χ1v) is 5.54. The molecule has 0 aromatic carbocycles. The summed E-state index contributed by atoms with van der Waals surface area (Å²) in [6.07, 6.45) is 2.27. The normalized spacial score (nSPS) is 24.2. The van der Waals surface area contributed by atoms with Gasteiger partial charge in [-0.1, -0.05) is 0 Å². The number of hydrogen-bond donors (Lipinski definition) is 1. The Morgan fingerprint density at radius 3 is 2.56 bits per heavy atom. The van der Waals surface area contributed by atoms with Crippen molar-refractivity contribution in [3.8, 4) is 0 Å². The lowest BCUT2D eigenvalue weighted by molar-refractivity contribution is -0.144. The van der Waals surface area contributed by atoms with Crippen LogP contribution >= 0.6 is 0 Å².